The van der Waals surface area contributed by atoms with Crippen LogP contribution in [0.1, 0.15) is 83.9 Å². The minimum absolute atomic E-state index is 0.121. The predicted molar refractivity (Wildman–Crippen MR) is 156 cm³/mol. The SMILES string of the molecule is CCN=C1C=C2Oc3cc(NC)c(C)cc3C(c3ccc(C(=O)NCCC(C)CC)cc3C(=O)O)C2C=C1C. The molecule has 7 heteroatoms. The van der Waals surface area contributed by atoms with E-state index in [1.807, 2.05) is 40.0 Å². The highest BCUT2D eigenvalue weighted by Gasteiger charge is 2.39. The summed E-state index contributed by atoms with van der Waals surface area (Å²) in [6.07, 6.45) is 6.02. The number of carbonyl (C=O) groups is 2. The Morgan fingerprint density at radius 2 is 1.90 bits per heavy atom. The fourth-order valence-electron chi connectivity index (χ4n) is 5.37. The van der Waals surface area contributed by atoms with Crippen molar-refractivity contribution < 1.29 is 19.4 Å². The monoisotopic (exact) mass is 529 g/mol. The Morgan fingerprint density at radius 1 is 1.13 bits per heavy atom. The van der Waals surface area contributed by atoms with Crippen LogP contribution in [-0.4, -0.2) is 42.8 Å². The first-order valence-electron chi connectivity index (χ1n) is 13.8. The molecular weight excluding hydrogens is 490 g/mol. The topological polar surface area (TPSA) is 100 Å². The molecule has 0 aromatic heterocycles. The number of rotatable bonds is 9. The molecular formula is C32H39N3O4. The van der Waals surface area contributed by atoms with Gasteiger partial charge in [-0.05, 0) is 68.0 Å². The normalized spacial score (nSPS) is 19.7. The van der Waals surface area contributed by atoms with E-state index >= 15 is 0 Å². The van der Waals surface area contributed by atoms with Crippen molar-refractivity contribution in [2.75, 3.05) is 25.5 Å². The largest absolute Gasteiger partial charge is 0.478 e. The first kappa shape index (κ1) is 28.1. The van der Waals surface area contributed by atoms with Crippen LogP contribution in [0.3, 0.4) is 0 Å². The Labute approximate surface area is 231 Å². The van der Waals surface area contributed by atoms with Gasteiger partial charge in [0.25, 0.3) is 5.91 Å². The number of ether oxygens (including phenoxy) is 1. The van der Waals surface area contributed by atoms with Crippen molar-refractivity contribution in [1.82, 2.24) is 5.32 Å². The molecule has 0 radical (unpaired) electrons. The third-order valence-corrected chi connectivity index (χ3v) is 7.82. The average molecular weight is 530 g/mol. The van der Waals surface area contributed by atoms with Crippen LogP contribution in [0, 0.1) is 18.8 Å². The minimum Gasteiger partial charge on any atom is -0.478 e. The summed E-state index contributed by atoms with van der Waals surface area (Å²) < 4.78 is 6.43. The number of hydrogen-bond donors (Lipinski definition) is 3. The molecule has 0 bridgehead atoms. The van der Waals surface area contributed by atoms with Gasteiger partial charge in [0, 0.05) is 60.9 Å². The maximum absolute atomic E-state index is 12.9. The average Bonchev–Trinajstić information content (AvgIpc) is 2.92. The molecule has 2 aromatic carbocycles. The molecule has 0 fully saturated rings. The number of carboxylic acids is 1. The lowest BCUT2D eigenvalue weighted by atomic mass is 9.73. The first-order chi connectivity index (χ1) is 18.7. The quantitative estimate of drug-likeness (QED) is 0.352. The van der Waals surface area contributed by atoms with Crippen LogP contribution >= 0.6 is 0 Å². The Kier molecular flexibility index (Phi) is 8.58. The van der Waals surface area contributed by atoms with Gasteiger partial charge >= 0.3 is 5.97 Å². The Hall–Kier alpha value is -3.87. The highest BCUT2D eigenvalue weighted by molar-refractivity contribution is 6.09. The highest BCUT2D eigenvalue weighted by Crippen LogP contribution is 2.50. The summed E-state index contributed by atoms with van der Waals surface area (Å²) in [6, 6.07) is 9.08. The molecule has 1 heterocycles. The second-order valence-corrected chi connectivity index (χ2v) is 10.5. The third-order valence-electron chi connectivity index (χ3n) is 7.82. The van der Waals surface area contributed by atoms with E-state index in [-0.39, 0.29) is 23.3 Å². The predicted octanol–water partition coefficient (Wildman–Crippen LogP) is 6.35. The molecule has 7 nitrogen and oxygen atoms in total. The molecule has 0 spiro atoms. The fraction of sp³-hybridized carbons (Fsp3) is 0.406. The van der Waals surface area contributed by atoms with Crippen molar-refractivity contribution in [2.45, 2.75) is 53.4 Å². The Bertz CT molecular complexity index is 1370. The van der Waals surface area contributed by atoms with E-state index in [2.05, 4.69) is 41.6 Å². The number of carbonyl (C=O) groups excluding carboxylic acids is 1. The van der Waals surface area contributed by atoms with E-state index in [0.29, 0.717) is 35.9 Å². The highest BCUT2D eigenvalue weighted by atomic mass is 16.5. The van der Waals surface area contributed by atoms with E-state index in [4.69, 9.17) is 4.74 Å². The maximum Gasteiger partial charge on any atom is 0.336 e. The third kappa shape index (κ3) is 5.77. The van der Waals surface area contributed by atoms with Crippen molar-refractivity contribution in [2.24, 2.45) is 16.8 Å². The number of hydrogen-bond acceptors (Lipinski definition) is 5. The van der Waals surface area contributed by atoms with Crippen LogP contribution in [-0.2, 0) is 0 Å². The molecule has 2 aliphatic rings. The van der Waals surface area contributed by atoms with Crippen LogP contribution < -0.4 is 15.4 Å². The number of aryl methyl sites for hydroxylation is 1. The fourth-order valence-corrected chi connectivity index (χ4v) is 5.37. The maximum atomic E-state index is 12.9. The zero-order valence-electron chi connectivity index (χ0n) is 23.7. The second kappa shape index (κ2) is 11.9. The summed E-state index contributed by atoms with van der Waals surface area (Å²) in [5, 5.41) is 16.5. The second-order valence-electron chi connectivity index (χ2n) is 10.5. The first-order valence-corrected chi connectivity index (χ1v) is 13.8. The number of carboxylic acid groups (broad SMARTS) is 1. The number of nitrogens with zero attached hydrogens (tertiary/aromatic N) is 1. The summed E-state index contributed by atoms with van der Waals surface area (Å²) in [5.41, 5.74) is 5.91. The molecule has 0 saturated carbocycles. The standard InChI is InChI=1S/C32H39N3O4/c1-7-18(3)11-12-35-31(36)21-9-10-22(23(15-21)32(37)38)30-24-13-19(4)26(33-6)16-28(24)39-29-17-27(34-8-2)20(5)14-25(29)30/h9-10,13-18,25,30,33H,7-8,11-12H2,1-6H3,(H,35,36)(H,37,38). The minimum atomic E-state index is -1.06. The van der Waals surface area contributed by atoms with E-state index < -0.39 is 5.97 Å². The van der Waals surface area contributed by atoms with Crippen molar-refractivity contribution in [3.8, 4) is 5.75 Å². The number of amides is 1. The van der Waals surface area contributed by atoms with Crippen LogP contribution in [0.4, 0.5) is 5.69 Å². The van der Waals surface area contributed by atoms with E-state index in [9.17, 15) is 14.7 Å². The number of nitrogens with one attached hydrogen (secondary N) is 2. The molecule has 3 unspecified atom stereocenters. The van der Waals surface area contributed by atoms with E-state index in [1.54, 1.807) is 12.1 Å². The lowest BCUT2D eigenvalue weighted by Gasteiger charge is -2.37. The molecule has 4 rings (SSSR count). The number of aliphatic imine (C=N–C) groups is 1. The van der Waals surface area contributed by atoms with Crippen LogP contribution in [0.2, 0.25) is 0 Å². The van der Waals surface area contributed by atoms with Gasteiger partial charge in [0.2, 0.25) is 0 Å². The van der Waals surface area contributed by atoms with E-state index in [1.165, 1.54) is 6.07 Å². The van der Waals surface area contributed by atoms with Crippen molar-refractivity contribution in [3.05, 3.63) is 81.6 Å². The zero-order chi connectivity index (χ0) is 28.3. The number of anilines is 1. The van der Waals surface area contributed by atoms with Crippen molar-refractivity contribution >= 4 is 23.3 Å². The van der Waals surface area contributed by atoms with Gasteiger partial charge in [-0.3, -0.25) is 9.79 Å². The molecule has 1 aliphatic heterocycles. The van der Waals surface area contributed by atoms with Crippen LogP contribution in [0.25, 0.3) is 0 Å². The van der Waals surface area contributed by atoms with Gasteiger partial charge in [0.15, 0.2) is 0 Å². The summed E-state index contributed by atoms with van der Waals surface area (Å²) >= 11 is 0. The molecule has 39 heavy (non-hydrogen) atoms. The van der Waals surface area contributed by atoms with Gasteiger partial charge < -0.3 is 20.5 Å². The molecule has 0 saturated heterocycles. The summed E-state index contributed by atoms with van der Waals surface area (Å²) in [7, 11) is 1.87. The van der Waals surface area contributed by atoms with Gasteiger partial charge in [-0.15, -0.1) is 0 Å². The molecule has 1 amide bonds. The number of aromatic carboxylic acids is 1. The van der Waals surface area contributed by atoms with Gasteiger partial charge in [0.1, 0.15) is 11.5 Å². The van der Waals surface area contributed by atoms with Gasteiger partial charge in [0.05, 0.1) is 11.3 Å². The molecule has 3 N–H and O–H groups in total. The van der Waals surface area contributed by atoms with Gasteiger partial charge in [-0.1, -0.05) is 32.4 Å². The lowest BCUT2D eigenvalue weighted by molar-refractivity contribution is 0.0695. The van der Waals surface area contributed by atoms with Crippen molar-refractivity contribution in [3.63, 3.8) is 0 Å². The van der Waals surface area contributed by atoms with Crippen molar-refractivity contribution in [1.29, 1.82) is 0 Å². The molecule has 3 atom stereocenters. The smallest absolute Gasteiger partial charge is 0.336 e. The summed E-state index contributed by atoms with van der Waals surface area (Å²) in [4.78, 5) is 30.1. The summed E-state index contributed by atoms with van der Waals surface area (Å²) in [5.74, 6) is 0.0938. The molecule has 206 valence electrons. The summed E-state index contributed by atoms with van der Waals surface area (Å²) in [6.45, 7) is 11.5. The molecule has 1 aliphatic carbocycles. The van der Waals surface area contributed by atoms with Gasteiger partial charge in [-0.2, -0.15) is 0 Å². The zero-order valence-corrected chi connectivity index (χ0v) is 23.7. The van der Waals surface area contributed by atoms with E-state index in [0.717, 1.165) is 46.7 Å². The van der Waals surface area contributed by atoms with Crippen LogP contribution in [0.5, 0.6) is 5.75 Å². The molecule has 2 aromatic rings. The van der Waals surface area contributed by atoms with Crippen LogP contribution in [0.15, 0.2) is 58.8 Å². The number of fused-ring (bicyclic) bond motifs is 2. The van der Waals surface area contributed by atoms with Gasteiger partial charge in [-0.25, -0.2) is 4.79 Å². The number of benzene rings is 2. The Morgan fingerprint density at radius 3 is 2.56 bits per heavy atom. The lowest BCUT2D eigenvalue weighted by Crippen LogP contribution is -2.29. The number of allylic oxidation sites excluding steroid dienone is 3. The Balaban J connectivity index is 1.82.